The third-order valence-electron chi connectivity index (χ3n) is 5.56. The molecule has 1 amide bonds. The van der Waals surface area contributed by atoms with E-state index < -0.39 is 0 Å². The van der Waals surface area contributed by atoms with Gasteiger partial charge in [0.1, 0.15) is 5.69 Å². The number of rotatable bonds is 6. The van der Waals surface area contributed by atoms with E-state index in [1.807, 2.05) is 12.1 Å². The number of hydrogen-bond acceptors (Lipinski definition) is 7. The Balaban J connectivity index is 1.53. The maximum Gasteiger partial charge on any atom is 0.275 e. The number of thiazole rings is 1. The van der Waals surface area contributed by atoms with Gasteiger partial charge in [-0.05, 0) is 60.3 Å². The van der Waals surface area contributed by atoms with Gasteiger partial charge in [-0.2, -0.15) is 0 Å². The van der Waals surface area contributed by atoms with Gasteiger partial charge >= 0.3 is 0 Å². The zero-order valence-corrected chi connectivity index (χ0v) is 19.5. The summed E-state index contributed by atoms with van der Waals surface area (Å²) in [5.41, 5.74) is 3.33. The van der Waals surface area contributed by atoms with Gasteiger partial charge in [0.05, 0.1) is 30.1 Å². The SMILES string of the molecule is CC(Nc1ccc(NC(=O)c2csc(Br)n2)c(N2CCCCC2)c1)C1CNCCO1. The Hall–Kier alpha value is -1.68. The number of piperidine rings is 1. The lowest BCUT2D eigenvalue weighted by Crippen LogP contribution is -2.46. The zero-order valence-electron chi connectivity index (χ0n) is 17.1. The molecule has 2 aromatic rings. The van der Waals surface area contributed by atoms with Gasteiger partial charge in [0.2, 0.25) is 0 Å². The smallest absolute Gasteiger partial charge is 0.275 e. The summed E-state index contributed by atoms with van der Waals surface area (Å²) in [7, 11) is 0. The fraction of sp³-hybridized carbons (Fsp3) is 0.524. The molecular weight excluding hydrogens is 466 g/mol. The molecule has 4 rings (SSSR count). The second-order valence-corrected chi connectivity index (χ2v) is 9.90. The first-order valence-electron chi connectivity index (χ1n) is 10.5. The molecule has 1 aromatic heterocycles. The molecule has 1 aromatic carbocycles. The second kappa shape index (κ2) is 10.1. The molecule has 0 bridgehead atoms. The maximum atomic E-state index is 12.7. The van der Waals surface area contributed by atoms with Gasteiger partial charge in [0.25, 0.3) is 5.91 Å². The van der Waals surface area contributed by atoms with E-state index in [1.165, 1.54) is 30.6 Å². The van der Waals surface area contributed by atoms with Crippen molar-refractivity contribution < 1.29 is 9.53 Å². The van der Waals surface area contributed by atoms with E-state index in [0.717, 1.165) is 49.8 Å². The van der Waals surface area contributed by atoms with Crippen molar-refractivity contribution in [2.75, 3.05) is 48.3 Å². The molecule has 2 saturated heterocycles. The summed E-state index contributed by atoms with van der Waals surface area (Å²) in [6.07, 6.45) is 3.73. The molecule has 0 aliphatic carbocycles. The number of carbonyl (C=O) groups excluding carboxylic acids is 1. The first-order chi connectivity index (χ1) is 14.6. The molecule has 2 aliphatic rings. The van der Waals surface area contributed by atoms with Gasteiger partial charge in [-0.25, -0.2) is 4.98 Å². The van der Waals surface area contributed by atoms with E-state index in [0.29, 0.717) is 9.61 Å². The molecular formula is C21H28BrN5O2S. The Morgan fingerprint density at radius 1 is 1.37 bits per heavy atom. The Morgan fingerprint density at radius 2 is 2.20 bits per heavy atom. The molecule has 9 heteroatoms. The van der Waals surface area contributed by atoms with Crippen LogP contribution >= 0.6 is 27.3 Å². The Morgan fingerprint density at radius 3 is 2.90 bits per heavy atom. The van der Waals surface area contributed by atoms with Crippen LogP contribution in [0.1, 0.15) is 36.7 Å². The summed E-state index contributed by atoms with van der Waals surface area (Å²) < 4.78 is 6.59. The quantitative estimate of drug-likeness (QED) is 0.565. The predicted molar refractivity (Wildman–Crippen MR) is 126 cm³/mol. The summed E-state index contributed by atoms with van der Waals surface area (Å²) in [6, 6.07) is 6.33. The van der Waals surface area contributed by atoms with E-state index in [-0.39, 0.29) is 18.1 Å². The topological polar surface area (TPSA) is 78.5 Å². The predicted octanol–water partition coefficient (Wildman–Crippen LogP) is 3.94. The fourth-order valence-electron chi connectivity index (χ4n) is 3.93. The number of hydrogen-bond donors (Lipinski definition) is 3. The van der Waals surface area contributed by atoms with Crippen molar-refractivity contribution in [3.05, 3.63) is 33.2 Å². The first kappa shape index (κ1) is 21.5. The van der Waals surface area contributed by atoms with E-state index in [1.54, 1.807) is 5.38 Å². The minimum absolute atomic E-state index is 0.139. The molecule has 0 saturated carbocycles. The highest BCUT2D eigenvalue weighted by Gasteiger charge is 2.22. The van der Waals surface area contributed by atoms with Crippen LogP contribution in [0.5, 0.6) is 0 Å². The van der Waals surface area contributed by atoms with E-state index in [4.69, 9.17) is 4.74 Å². The molecule has 3 N–H and O–H groups in total. The van der Waals surface area contributed by atoms with Crippen molar-refractivity contribution >= 4 is 50.2 Å². The lowest BCUT2D eigenvalue weighted by Gasteiger charge is -2.32. The lowest BCUT2D eigenvalue weighted by molar-refractivity contribution is 0.0201. The standard InChI is InChI=1S/C21H28BrN5O2S/c1-14(19-12-23-7-10-29-19)24-15-5-6-16(18(11-15)27-8-3-2-4-9-27)25-20(28)17-13-30-21(22)26-17/h5-6,11,13-14,19,23-24H,2-4,7-10,12H2,1H3,(H,25,28). The van der Waals surface area contributed by atoms with Crippen LogP contribution in [-0.2, 0) is 4.74 Å². The van der Waals surface area contributed by atoms with E-state index in [9.17, 15) is 4.79 Å². The van der Waals surface area contributed by atoms with Crippen molar-refractivity contribution in [3.8, 4) is 0 Å². The number of benzene rings is 1. The maximum absolute atomic E-state index is 12.7. The highest BCUT2D eigenvalue weighted by atomic mass is 79.9. The number of aromatic nitrogens is 1. The number of nitrogens with one attached hydrogen (secondary N) is 3. The molecule has 7 nitrogen and oxygen atoms in total. The number of amides is 1. The van der Waals surface area contributed by atoms with Crippen molar-refractivity contribution in [1.29, 1.82) is 0 Å². The van der Waals surface area contributed by atoms with Crippen LogP contribution in [0.2, 0.25) is 0 Å². The number of carbonyl (C=O) groups is 1. The van der Waals surface area contributed by atoms with Crippen molar-refractivity contribution in [2.24, 2.45) is 0 Å². The number of nitrogens with zero attached hydrogens (tertiary/aromatic N) is 2. The third kappa shape index (κ3) is 5.32. The molecule has 2 fully saturated rings. The van der Waals surface area contributed by atoms with Crippen molar-refractivity contribution in [1.82, 2.24) is 10.3 Å². The van der Waals surface area contributed by atoms with Gasteiger partial charge < -0.3 is 25.6 Å². The molecule has 3 heterocycles. The summed E-state index contributed by atoms with van der Waals surface area (Å²) in [6.45, 7) is 6.65. The van der Waals surface area contributed by atoms with Gasteiger partial charge in [0.15, 0.2) is 3.92 Å². The normalized spacial score (nSPS) is 20.6. The van der Waals surface area contributed by atoms with Crippen LogP contribution < -0.4 is 20.9 Å². The zero-order chi connectivity index (χ0) is 20.9. The fourth-order valence-corrected chi connectivity index (χ4v) is 4.92. The van der Waals surface area contributed by atoms with Crippen molar-refractivity contribution in [3.63, 3.8) is 0 Å². The van der Waals surface area contributed by atoms with Gasteiger partial charge in [-0.15, -0.1) is 11.3 Å². The van der Waals surface area contributed by atoms with Gasteiger partial charge in [-0.1, -0.05) is 0 Å². The van der Waals surface area contributed by atoms with E-state index >= 15 is 0 Å². The van der Waals surface area contributed by atoms with Crippen LogP contribution in [0.4, 0.5) is 17.1 Å². The Labute approximate surface area is 189 Å². The Bertz CT molecular complexity index is 865. The molecule has 2 atom stereocenters. The van der Waals surface area contributed by atoms with Crippen LogP contribution in [0.25, 0.3) is 0 Å². The highest BCUT2D eigenvalue weighted by molar-refractivity contribution is 9.11. The lowest BCUT2D eigenvalue weighted by atomic mass is 10.1. The summed E-state index contributed by atoms with van der Waals surface area (Å²) in [5, 5.41) is 11.8. The third-order valence-corrected chi connectivity index (χ3v) is 6.92. The molecule has 162 valence electrons. The molecule has 0 spiro atoms. The van der Waals surface area contributed by atoms with Crippen molar-refractivity contribution in [2.45, 2.75) is 38.3 Å². The van der Waals surface area contributed by atoms with Crippen LogP contribution in [0, 0.1) is 0 Å². The molecule has 2 aliphatic heterocycles. The van der Waals surface area contributed by atoms with Crippen LogP contribution in [0.3, 0.4) is 0 Å². The van der Waals surface area contributed by atoms with Gasteiger partial charge in [-0.3, -0.25) is 4.79 Å². The average Bonchev–Trinajstić information content (AvgIpc) is 3.22. The number of morpholine rings is 1. The minimum atomic E-state index is -0.189. The van der Waals surface area contributed by atoms with Crippen LogP contribution in [-0.4, -0.2) is 55.8 Å². The first-order valence-corrected chi connectivity index (χ1v) is 12.2. The number of anilines is 3. The van der Waals surface area contributed by atoms with Gasteiger partial charge in [0, 0.05) is 37.2 Å². The second-order valence-electron chi connectivity index (χ2n) is 7.77. The minimum Gasteiger partial charge on any atom is -0.380 e. The Kier molecular flexibility index (Phi) is 7.24. The largest absolute Gasteiger partial charge is 0.380 e. The van der Waals surface area contributed by atoms with E-state index in [2.05, 4.69) is 54.8 Å². The summed E-state index contributed by atoms with van der Waals surface area (Å²) in [5.74, 6) is -0.189. The number of ether oxygens (including phenoxy) is 1. The summed E-state index contributed by atoms with van der Waals surface area (Å²) in [4.78, 5) is 19.3. The monoisotopic (exact) mass is 493 g/mol. The molecule has 30 heavy (non-hydrogen) atoms. The van der Waals surface area contributed by atoms with Crippen LogP contribution in [0.15, 0.2) is 27.5 Å². The highest BCUT2D eigenvalue weighted by Crippen LogP contribution is 2.32. The number of halogens is 1. The molecule has 2 unspecified atom stereocenters. The molecule has 0 radical (unpaired) electrons. The summed E-state index contributed by atoms with van der Waals surface area (Å²) >= 11 is 4.73. The average molecular weight is 494 g/mol.